The van der Waals surface area contributed by atoms with Crippen LogP contribution in [0, 0.1) is 0 Å². The minimum absolute atomic E-state index is 0.0955. The molecule has 10 aromatic rings. The number of para-hydroxylation sites is 2. The van der Waals surface area contributed by atoms with Gasteiger partial charge in [0.1, 0.15) is 11.2 Å². The van der Waals surface area contributed by atoms with Crippen LogP contribution in [0.3, 0.4) is 0 Å². The molecule has 2 nitrogen and oxygen atoms in total. The number of hydrogen-bond acceptors (Lipinski definition) is 2. The lowest BCUT2D eigenvalue weighted by Crippen LogP contribution is -2.14. The first-order valence-corrected chi connectivity index (χ1v) is 19.8. The van der Waals surface area contributed by atoms with E-state index in [4.69, 9.17) is 4.42 Å². The van der Waals surface area contributed by atoms with E-state index < -0.39 is 0 Å². The number of hydrogen-bond donors (Lipinski definition) is 0. The Kier molecular flexibility index (Phi) is 7.55. The molecule has 9 aromatic carbocycles. The van der Waals surface area contributed by atoms with Gasteiger partial charge in [-0.2, -0.15) is 0 Å². The molecule has 1 aromatic heterocycles. The van der Waals surface area contributed by atoms with E-state index in [-0.39, 0.29) is 5.41 Å². The summed E-state index contributed by atoms with van der Waals surface area (Å²) in [5.41, 5.74) is 17.5. The summed E-state index contributed by atoms with van der Waals surface area (Å²) in [6.45, 7) is 4.71. The van der Waals surface area contributed by atoms with E-state index in [1.165, 1.54) is 55.3 Å². The topological polar surface area (TPSA) is 16.4 Å². The second kappa shape index (κ2) is 13.0. The monoisotopic (exact) mass is 729 g/mol. The third kappa shape index (κ3) is 5.33. The van der Waals surface area contributed by atoms with Crippen molar-refractivity contribution in [2.45, 2.75) is 19.3 Å². The summed E-state index contributed by atoms with van der Waals surface area (Å²) in [5, 5.41) is 4.75. The number of fused-ring (bicyclic) bond motifs is 7. The van der Waals surface area contributed by atoms with Crippen LogP contribution in [0.2, 0.25) is 0 Å². The molecule has 0 fully saturated rings. The fourth-order valence-corrected chi connectivity index (χ4v) is 9.30. The maximum absolute atomic E-state index is 6.33. The Morgan fingerprint density at radius 3 is 1.95 bits per heavy atom. The highest BCUT2D eigenvalue weighted by Gasteiger charge is 2.37. The first kappa shape index (κ1) is 33.2. The molecule has 0 aliphatic heterocycles. The standard InChI is InChI=1S/C55H39NO/c1-55(2)48-23-8-5-19-46(48)53-45(22-12-24-49(53)55)44-18-6-9-25-50(44)56(41-32-30-37(31-33-41)39-29-28-36-14-3-4-15-38(36)34-39)42-17-11-16-40(35-42)43-21-13-27-52-54(43)47-20-7-10-26-51(47)57-52/h3-35H,1-2H3. The van der Waals surface area contributed by atoms with Gasteiger partial charge in [0, 0.05) is 33.1 Å². The molecule has 0 N–H and O–H groups in total. The number of rotatable bonds is 6. The van der Waals surface area contributed by atoms with Crippen molar-refractivity contribution in [3.63, 3.8) is 0 Å². The van der Waals surface area contributed by atoms with E-state index in [2.05, 4.69) is 213 Å². The number of furan rings is 1. The molecule has 11 rings (SSSR count). The van der Waals surface area contributed by atoms with Crippen molar-refractivity contribution in [1.29, 1.82) is 0 Å². The molecular formula is C55H39NO. The summed E-state index contributed by atoms with van der Waals surface area (Å²) < 4.78 is 6.33. The summed E-state index contributed by atoms with van der Waals surface area (Å²) in [4.78, 5) is 2.43. The smallest absolute Gasteiger partial charge is 0.136 e. The van der Waals surface area contributed by atoms with E-state index in [0.29, 0.717) is 0 Å². The average molecular weight is 730 g/mol. The average Bonchev–Trinajstić information content (AvgIpc) is 3.76. The maximum atomic E-state index is 6.33. The molecule has 0 atom stereocenters. The zero-order valence-electron chi connectivity index (χ0n) is 31.9. The highest BCUT2D eigenvalue weighted by Crippen LogP contribution is 2.54. The Labute approximate surface area is 332 Å². The van der Waals surface area contributed by atoms with Crippen molar-refractivity contribution >= 4 is 49.8 Å². The normalized spacial score (nSPS) is 12.9. The van der Waals surface area contributed by atoms with E-state index in [1.807, 2.05) is 6.07 Å². The molecule has 0 saturated carbocycles. The lowest BCUT2D eigenvalue weighted by molar-refractivity contribution is 0.660. The molecule has 270 valence electrons. The predicted molar refractivity (Wildman–Crippen MR) is 240 cm³/mol. The molecule has 1 aliphatic carbocycles. The molecule has 0 amide bonds. The van der Waals surface area contributed by atoms with Crippen LogP contribution in [0.1, 0.15) is 25.0 Å². The number of benzene rings is 9. The summed E-state index contributed by atoms with van der Waals surface area (Å²) in [5.74, 6) is 0. The van der Waals surface area contributed by atoms with Gasteiger partial charge in [0.05, 0.1) is 5.69 Å². The Morgan fingerprint density at radius 2 is 1.05 bits per heavy atom. The Balaban J connectivity index is 1.11. The molecular weight excluding hydrogens is 691 g/mol. The van der Waals surface area contributed by atoms with Gasteiger partial charge >= 0.3 is 0 Å². The quantitative estimate of drug-likeness (QED) is 0.169. The van der Waals surface area contributed by atoms with Crippen molar-refractivity contribution in [3.8, 4) is 44.5 Å². The molecule has 0 unspecified atom stereocenters. The van der Waals surface area contributed by atoms with E-state index in [9.17, 15) is 0 Å². The summed E-state index contributed by atoms with van der Waals surface area (Å²) in [6.07, 6.45) is 0. The van der Waals surface area contributed by atoms with Crippen LogP contribution in [0.15, 0.2) is 205 Å². The summed E-state index contributed by atoms with van der Waals surface area (Å²) in [7, 11) is 0. The third-order valence-corrected chi connectivity index (χ3v) is 12.1. The van der Waals surface area contributed by atoms with Gasteiger partial charge in [-0.15, -0.1) is 0 Å². The minimum atomic E-state index is -0.0955. The van der Waals surface area contributed by atoms with Gasteiger partial charge in [-0.3, -0.25) is 0 Å². The van der Waals surface area contributed by atoms with Crippen molar-refractivity contribution in [1.82, 2.24) is 0 Å². The van der Waals surface area contributed by atoms with Crippen LogP contribution in [-0.4, -0.2) is 0 Å². The molecule has 0 spiro atoms. The fraction of sp³-hybridized carbons (Fsp3) is 0.0545. The summed E-state index contributed by atoms with van der Waals surface area (Å²) >= 11 is 0. The van der Waals surface area contributed by atoms with Crippen molar-refractivity contribution in [3.05, 3.63) is 211 Å². The molecule has 57 heavy (non-hydrogen) atoms. The van der Waals surface area contributed by atoms with Crippen LogP contribution >= 0.6 is 0 Å². The second-order valence-corrected chi connectivity index (χ2v) is 15.7. The van der Waals surface area contributed by atoms with Gasteiger partial charge in [-0.1, -0.05) is 166 Å². The second-order valence-electron chi connectivity index (χ2n) is 15.7. The van der Waals surface area contributed by atoms with Crippen LogP contribution in [0.25, 0.3) is 77.2 Å². The van der Waals surface area contributed by atoms with E-state index >= 15 is 0 Å². The van der Waals surface area contributed by atoms with Gasteiger partial charge < -0.3 is 9.32 Å². The number of nitrogens with zero attached hydrogens (tertiary/aromatic N) is 1. The molecule has 1 aliphatic rings. The minimum Gasteiger partial charge on any atom is -0.456 e. The largest absolute Gasteiger partial charge is 0.456 e. The Morgan fingerprint density at radius 1 is 0.404 bits per heavy atom. The first-order valence-electron chi connectivity index (χ1n) is 19.8. The lowest BCUT2D eigenvalue weighted by atomic mass is 9.82. The van der Waals surface area contributed by atoms with Gasteiger partial charge in [0.25, 0.3) is 0 Å². The molecule has 0 bridgehead atoms. The van der Waals surface area contributed by atoms with Crippen LogP contribution in [-0.2, 0) is 5.41 Å². The van der Waals surface area contributed by atoms with Crippen molar-refractivity contribution in [2.75, 3.05) is 4.90 Å². The molecule has 1 heterocycles. The van der Waals surface area contributed by atoms with Gasteiger partial charge in [-0.05, 0) is 109 Å². The Bertz CT molecular complexity index is 3170. The highest BCUT2D eigenvalue weighted by molar-refractivity contribution is 6.12. The SMILES string of the molecule is CC1(C)c2ccccc2-c2c(-c3ccccc3N(c3ccc(-c4ccc5ccccc5c4)cc3)c3cccc(-c4cccc5oc6ccccc6c45)c3)cccc21. The predicted octanol–water partition coefficient (Wildman–Crippen LogP) is 15.5. The lowest BCUT2D eigenvalue weighted by Gasteiger charge is -2.29. The third-order valence-electron chi connectivity index (χ3n) is 12.1. The van der Waals surface area contributed by atoms with Gasteiger partial charge in [-0.25, -0.2) is 0 Å². The maximum Gasteiger partial charge on any atom is 0.136 e. The van der Waals surface area contributed by atoms with Crippen LogP contribution in [0.4, 0.5) is 17.1 Å². The zero-order valence-corrected chi connectivity index (χ0v) is 31.9. The van der Waals surface area contributed by atoms with E-state index in [1.54, 1.807) is 0 Å². The highest BCUT2D eigenvalue weighted by atomic mass is 16.3. The first-order chi connectivity index (χ1) is 28.0. The summed E-state index contributed by atoms with van der Waals surface area (Å²) in [6, 6.07) is 72.7. The molecule has 2 heteroatoms. The van der Waals surface area contributed by atoms with Crippen LogP contribution in [0.5, 0.6) is 0 Å². The van der Waals surface area contributed by atoms with Crippen LogP contribution < -0.4 is 4.90 Å². The molecule has 0 radical (unpaired) electrons. The van der Waals surface area contributed by atoms with Gasteiger partial charge in [0.15, 0.2) is 0 Å². The number of anilines is 3. The van der Waals surface area contributed by atoms with E-state index in [0.717, 1.165) is 50.1 Å². The zero-order chi connectivity index (χ0) is 38.1. The fourth-order valence-electron chi connectivity index (χ4n) is 9.30. The van der Waals surface area contributed by atoms with Gasteiger partial charge in [0.2, 0.25) is 0 Å². The van der Waals surface area contributed by atoms with Crippen molar-refractivity contribution in [2.24, 2.45) is 0 Å². The molecule has 0 saturated heterocycles. The van der Waals surface area contributed by atoms with Crippen molar-refractivity contribution < 1.29 is 4.42 Å². The Hall–Kier alpha value is -7.16.